The highest BCUT2D eigenvalue weighted by Crippen LogP contribution is 2.26. The fraction of sp³-hybridized carbons (Fsp3) is 0.294. The molecule has 1 heterocycles. The van der Waals surface area contributed by atoms with Gasteiger partial charge in [-0.2, -0.15) is 0 Å². The number of anilines is 1. The van der Waals surface area contributed by atoms with E-state index in [0.29, 0.717) is 34.5 Å². The lowest BCUT2D eigenvalue weighted by Crippen LogP contribution is -2.34. The highest BCUT2D eigenvalue weighted by atomic mass is 16.6. The van der Waals surface area contributed by atoms with Gasteiger partial charge in [0.15, 0.2) is 0 Å². The summed E-state index contributed by atoms with van der Waals surface area (Å²) in [6.45, 7) is 7.16. The first kappa shape index (κ1) is 34.3. The van der Waals surface area contributed by atoms with Gasteiger partial charge in [0.2, 0.25) is 0 Å². The number of carbonyl (C=O) groups excluding carboxylic acids is 3. The second kappa shape index (κ2) is 14.1. The van der Waals surface area contributed by atoms with E-state index in [1.807, 2.05) is 53.1 Å². The molecular weight excluding hydrogens is 572 g/mol. The number of ether oxygens (including phenoxy) is 1. The molecule has 45 heavy (non-hydrogen) atoms. The van der Waals surface area contributed by atoms with E-state index in [1.165, 1.54) is 5.69 Å². The number of amidine groups is 1. The van der Waals surface area contributed by atoms with Crippen LogP contribution in [-0.2, 0) is 22.6 Å². The molecule has 0 atom stereocenters. The standard InChI is InChI=1S/C32H38N6O3.C2H4O2/c1-32(2,3)41-31(40)36-25-12-15-27-24(17-25)18-28(37(27)20-22-8-7-9-23(16-22)29(33)34)30(39)35-19-21-10-13-26(14-11-21)38(4,5)6;1-2(3)4/h7-18H,19-20H2,1-6H3,(H4-,33,34,35,36,39,40);1H3,(H,3,4). The van der Waals surface area contributed by atoms with Crippen LogP contribution in [-0.4, -0.2) is 55.1 Å². The maximum atomic E-state index is 13.5. The SMILES string of the molecule is CC(=O)[O-].CC(C)(C)OC(=O)Nc1ccc2c(c1)cc(C(=O)NCc1ccc([N+](C)(C)C)cc1)n2Cc1cccc(C(=N)N)c1. The van der Waals surface area contributed by atoms with Gasteiger partial charge in [-0.05, 0) is 81.3 Å². The lowest BCUT2D eigenvalue weighted by molar-refractivity contribution is -0.302. The normalized spacial score (nSPS) is 11.3. The Bertz CT molecular complexity index is 1690. The Morgan fingerprint density at radius 2 is 1.60 bits per heavy atom. The van der Waals surface area contributed by atoms with Crippen LogP contribution in [0.25, 0.3) is 10.9 Å². The summed E-state index contributed by atoms with van der Waals surface area (Å²) in [7, 11) is 6.32. The summed E-state index contributed by atoms with van der Waals surface area (Å²) in [5.74, 6) is -1.32. The zero-order valence-electron chi connectivity index (χ0n) is 26.9. The van der Waals surface area contributed by atoms with Gasteiger partial charge in [0, 0.05) is 41.2 Å². The zero-order valence-corrected chi connectivity index (χ0v) is 26.9. The minimum absolute atomic E-state index is 0.0173. The lowest BCUT2D eigenvalue weighted by Gasteiger charge is -2.23. The number of nitrogen functional groups attached to an aromatic ring is 1. The fourth-order valence-electron chi connectivity index (χ4n) is 4.48. The number of nitrogens with one attached hydrogen (secondary N) is 3. The lowest BCUT2D eigenvalue weighted by atomic mass is 10.1. The number of carbonyl (C=O) groups is 3. The van der Waals surface area contributed by atoms with E-state index in [4.69, 9.17) is 25.8 Å². The summed E-state index contributed by atoms with van der Waals surface area (Å²) in [5, 5.41) is 23.3. The monoisotopic (exact) mass is 614 g/mol. The van der Waals surface area contributed by atoms with E-state index < -0.39 is 17.7 Å². The van der Waals surface area contributed by atoms with Gasteiger partial charge in [-0.3, -0.25) is 20.0 Å². The zero-order chi connectivity index (χ0) is 33.5. The van der Waals surface area contributed by atoms with E-state index in [-0.39, 0.29) is 11.7 Å². The number of rotatable bonds is 8. The van der Waals surface area contributed by atoms with Crippen molar-refractivity contribution < 1.29 is 24.2 Å². The summed E-state index contributed by atoms with van der Waals surface area (Å²) >= 11 is 0. The quantitative estimate of drug-likeness (QED) is 0.132. The second-order valence-electron chi connectivity index (χ2n) is 12.5. The average Bonchev–Trinajstić information content (AvgIpc) is 3.27. The minimum Gasteiger partial charge on any atom is -0.550 e. The van der Waals surface area contributed by atoms with Crippen molar-refractivity contribution in [3.8, 4) is 0 Å². The third kappa shape index (κ3) is 10.2. The molecule has 11 heteroatoms. The van der Waals surface area contributed by atoms with Crippen molar-refractivity contribution in [2.24, 2.45) is 5.73 Å². The van der Waals surface area contributed by atoms with Gasteiger partial charge in [-0.15, -0.1) is 0 Å². The number of hydrogen-bond acceptors (Lipinski definition) is 6. The molecule has 0 bridgehead atoms. The van der Waals surface area contributed by atoms with E-state index in [2.05, 4.69) is 43.9 Å². The van der Waals surface area contributed by atoms with Gasteiger partial charge in [0.05, 0.1) is 21.1 Å². The maximum Gasteiger partial charge on any atom is 0.412 e. The fourth-order valence-corrected chi connectivity index (χ4v) is 4.48. The van der Waals surface area contributed by atoms with Crippen LogP contribution in [0.5, 0.6) is 0 Å². The molecule has 0 aliphatic rings. The number of quaternary nitrogens is 1. The number of carboxylic acids is 1. The molecule has 5 N–H and O–H groups in total. The summed E-state index contributed by atoms with van der Waals surface area (Å²) in [6, 6.07) is 22.9. The van der Waals surface area contributed by atoms with Crippen molar-refractivity contribution in [3.05, 3.63) is 95.2 Å². The van der Waals surface area contributed by atoms with Crippen molar-refractivity contribution in [3.63, 3.8) is 0 Å². The smallest absolute Gasteiger partial charge is 0.412 e. The Hall–Kier alpha value is -5.16. The Labute approximate surface area is 263 Å². The van der Waals surface area contributed by atoms with Gasteiger partial charge in [-0.1, -0.05) is 30.3 Å². The molecule has 0 aliphatic carbocycles. The number of aromatic nitrogens is 1. The third-order valence-corrected chi connectivity index (χ3v) is 6.52. The summed E-state index contributed by atoms with van der Waals surface area (Å²) in [4.78, 5) is 34.8. The maximum absolute atomic E-state index is 13.5. The van der Waals surface area contributed by atoms with E-state index >= 15 is 0 Å². The summed E-state index contributed by atoms with van der Waals surface area (Å²) < 4.78 is 8.02. The number of aliphatic carboxylic acids is 1. The number of amides is 2. The van der Waals surface area contributed by atoms with Gasteiger partial charge in [-0.25, -0.2) is 4.79 Å². The number of benzene rings is 3. The molecule has 4 aromatic rings. The molecule has 0 radical (unpaired) electrons. The molecule has 1 aromatic heterocycles. The van der Waals surface area contributed by atoms with Gasteiger partial charge in [0.25, 0.3) is 5.91 Å². The number of hydrogen-bond donors (Lipinski definition) is 4. The Morgan fingerprint density at radius 3 is 2.18 bits per heavy atom. The molecular formula is C34H42N6O5. The predicted molar refractivity (Wildman–Crippen MR) is 176 cm³/mol. The first-order valence-electron chi connectivity index (χ1n) is 14.4. The number of carboxylic acid groups (broad SMARTS) is 1. The molecule has 0 unspecified atom stereocenters. The van der Waals surface area contributed by atoms with Crippen LogP contribution in [0.3, 0.4) is 0 Å². The van der Waals surface area contributed by atoms with Crippen molar-refractivity contribution in [2.45, 2.75) is 46.4 Å². The van der Waals surface area contributed by atoms with Crippen LogP contribution in [0.15, 0.2) is 72.8 Å². The molecule has 0 fully saturated rings. The van der Waals surface area contributed by atoms with Crippen molar-refractivity contribution in [1.29, 1.82) is 5.41 Å². The molecule has 3 aromatic carbocycles. The third-order valence-electron chi connectivity index (χ3n) is 6.52. The Morgan fingerprint density at radius 1 is 0.956 bits per heavy atom. The molecule has 0 saturated heterocycles. The first-order valence-corrected chi connectivity index (χ1v) is 14.4. The topological polar surface area (TPSA) is 162 Å². The number of fused-ring (bicyclic) bond motifs is 1. The number of nitrogens with zero attached hydrogens (tertiary/aromatic N) is 2. The summed E-state index contributed by atoms with van der Waals surface area (Å²) in [6.07, 6.45) is -0.549. The molecule has 0 aliphatic heterocycles. The van der Waals surface area contributed by atoms with Crippen LogP contribution < -0.4 is 26.0 Å². The minimum atomic E-state index is -1.08. The van der Waals surface area contributed by atoms with E-state index in [9.17, 15) is 9.59 Å². The first-order chi connectivity index (χ1) is 20.9. The van der Waals surface area contributed by atoms with Crippen LogP contribution in [0.1, 0.15) is 54.9 Å². The van der Waals surface area contributed by atoms with Crippen molar-refractivity contribution in [1.82, 2.24) is 14.4 Å². The van der Waals surface area contributed by atoms with Crippen LogP contribution in [0.4, 0.5) is 16.2 Å². The van der Waals surface area contributed by atoms with Crippen molar-refractivity contribution >= 4 is 46.1 Å². The molecule has 238 valence electrons. The predicted octanol–water partition coefficient (Wildman–Crippen LogP) is 4.20. The average molecular weight is 615 g/mol. The van der Waals surface area contributed by atoms with E-state index in [1.54, 1.807) is 32.9 Å². The Balaban J connectivity index is 0.00000130. The largest absolute Gasteiger partial charge is 0.550 e. The van der Waals surface area contributed by atoms with Gasteiger partial charge < -0.3 is 30.3 Å². The molecule has 4 rings (SSSR count). The van der Waals surface area contributed by atoms with Crippen LogP contribution in [0.2, 0.25) is 0 Å². The molecule has 0 saturated carbocycles. The second-order valence-corrected chi connectivity index (χ2v) is 12.5. The van der Waals surface area contributed by atoms with Crippen LogP contribution >= 0.6 is 0 Å². The molecule has 11 nitrogen and oxygen atoms in total. The number of nitrogens with two attached hydrogens (primary N) is 1. The highest BCUT2D eigenvalue weighted by molar-refractivity contribution is 6.00. The van der Waals surface area contributed by atoms with Crippen LogP contribution in [0, 0.1) is 5.41 Å². The van der Waals surface area contributed by atoms with E-state index in [0.717, 1.165) is 29.0 Å². The van der Waals surface area contributed by atoms with Gasteiger partial charge in [0.1, 0.15) is 22.8 Å². The van der Waals surface area contributed by atoms with Crippen molar-refractivity contribution in [2.75, 3.05) is 26.5 Å². The molecule has 2 amide bonds. The highest BCUT2D eigenvalue weighted by Gasteiger charge is 2.19. The molecule has 0 spiro atoms. The Kier molecular flexibility index (Phi) is 10.7. The van der Waals surface area contributed by atoms with Gasteiger partial charge >= 0.3 is 6.09 Å². The summed E-state index contributed by atoms with van der Waals surface area (Å²) in [5.41, 5.74) is 10.6.